The van der Waals surface area contributed by atoms with E-state index in [0.29, 0.717) is 17.0 Å². The van der Waals surface area contributed by atoms with Crippen molar-refractivity contribution in [2.24, 2.45) is 0 Å². The Kier molecular flexibility index (Phi) is 5.45. The van der Waals surface area contributed by atoms with Gasteiger partial charge in [0.15, 0.2) is 11.4 Å². The maximum Gasteiger partial charge on any atom is 0.429 e. The van der Waals surface area contributed by atoms with Crippen molar-refractivity contribution in [3.8, 4) is 16.9 Å². The topological polar surface area (TPSA) is 91.1 Å². The van der Waals surface area contributed by atoms with E-state index in [-0.39, 0.29) is 22.7 Å². The van der Waals surface area contributed by atoms with E-state index >= 15 is 0 Å². The number of rotatable bonds is 5. The average molecular weight is 457 g/mol. The summed E-state index contributed by atoms with van der Waals surface area (Å²) >= 11 is 0. The summed E-state index contributed by atoms with van der Waals surface area (Å²) in [6, 6.07) is 7.67. The van der Waals surface area contributed by atoms with Crippen molar-refractivity contribution in [2.45, 2.75) is 31.2 Å². The van der Waals surface area contributed by atoms with Crippen LogP contribution >= 0.6 is 0 Å². The molecule has 1 saturated heterocycles. The predicted molar refractivity (Wildman–Crippen MR) is 117 cm³/mol. The fraction of sp³-hybridized carbons (Fsp3) is 0.304. The molecule has 0 radical (unpaired) electrons. The molecule has 4 heterocycles. The van der Waals surface area contributed by atoms with Crippen LogP contribution in [0.3, 0.4) is 0 Å². The second-order valence-electron chi connectivity index (χ2n) is 8.01. The number of furan rings is 1. The van der Waals surface area contributed by atoms with E-state index in [4.69, 9.17) is 14.9 Å². The summed E-state index contributed by atoms with van der Waals surface area (Å²) in [5, 5.41) is 8.31. The molecular weight excluding hydrogens is 435 g/mol. The maximum absolute atomic E-state index is 13.8. The van der Waals surface area contributed by atoms with Gasteiger partial charge in [-0.25, -0.2) is 4.98 Å². The third kappa shape index (κ3) is 4.13. The Morgan fingerprint density at radius 1 is 1.15 bits per heavy atom. The van der Waals surface area contributed by atoms with E-state index in [1.807, 2.05) is 10.9 Å². The number of nitrogen functional groups attached to an aromatic ring is 1. The average Bonchev–Trinajstić information content (AvgIpc) is 3.46. The number of fused-ring (bicyclic) bond motifs is 1. The first-order valence-electron chi connectivity index (χ1n) is 10.6. The summed E-state index contributed by atoms with van der Waals surface area (Å²) in [5.74, 6) is -0.422. The lowest BCUT2D eigenvalue weighted by molar-refractivity contribution is -0.197. The lowest BCUT2D eigenvalue weighted by Crippen LogP contribution is -2.29. The van der Waals surface area contributed by atoms with Crippen molar-refractivity contribution in [2.75, 3.05) is 18.8 Å². The molecule has 5 rings (SSSR count). The monoisotopic (exact) mass is 457 g/mol. The fourth-order valence-corrected chi connectivity index (χ4v) is 4.14. The zero-order valence-electron chi connectivity index (χ0n) is 17.5. The Balaban J connectivity index is 1.51. The van der Waals surface area contributed by atoms with Crippen LogP contribution < -0.4 is 15.8 Å². The summed E-state index contributed by atoms with van der Waals surface area (Å²) in [5.41, 5.74) is 7.42. The molecule has 0 bridgehead atoms. The number of nitrogens with zero attached hydrogens (tertiary/aromatic N) is 3. The molecule has 1 atom stereocenters. The van der Waals surface area contributed by atoms with E-state index < -0.39 is 12.3 Å². The van der Waals surface area contributed by atoms with Crippen molar-refractivity contribution in [1.82, 2.24) is 20.1 Å². The molecule has 1 aromatic carbocycles. The Bertz CT molecular complexity index is 1250. The van der Waals surface area contributed by atoms with Crippen LogP contribution in [0.25, 0.3) is 22.1 Å². The molecule has 7 nitrogen and oxygen atoms in total. The molecule has 1 fully saturated rings. The molecule has 33 heavy (non-hydrogen) atoms. The molecular formula is C23H22F3N5O2. The van der Waals surface area contributed by atoms with Crippen LogP contribution in [0.2, 0.25) is 0 Å². The largest absolute Gasteiger partial charge is 0.468 e. The van der Waals surface area contributed by atoms with Gasteiger partial charge in [0.25, 0.3) is 0 Å². The van der Waals surface area contributed by atoms with E-state index in [0.717, 1.165) is 31.5 Å². The highest BCUT2D eigenvalue weighted by Crippen LogP contribution is 2.43. The van der Waals surface area contributed by atoms with Crippen molar-refractivity contribution in [3.05, 3.63) is 60.7 Å². The molecule has 1 aliphatic rings. The van der Waals surface area contributed by atoms with Crippen molar-refractivity contribution >= 4 is 16.8 Å². The van der Waals surface area contributed by atoms with Gasteiger partial charge in [-0.1, -0.05) is 30.3 Å². The molecule has 0 saturated carbocycles. The van der Waals surface area contributed by atoms with Crippen LogP contribution in [0.1, 0.15) is 30.6 Å². The number of pyridine rings is 1. The van der Waals surface area contributed by atoms with E-state index in [2.05, 4.69) is 15.4 Å². The van der Waals surface area contributed by atoms with E-state index in [1.54, 1.807) is 12.3 Å². The second kappa shape index (κ2) is 8.43. The number of anilines is 1. The van der Waals surface area contributed by atoms with Crippen molar-refractivity contribution < 1.29 is 22.3 Å². The Hall–Kier alpha value is -3.53. The minimum atomic E-state index is -4.67. The summed E-state index contributed by atoms with van der Waals surface area (Å²) in [6.45, 7) is 1.86. The number of alkyl halides is 3. The first kappa shape index (κ1) is 21.3. The van der Waals surface area contributed by atoms with Gasteiger partial charge in [-0.05, 0) is 25.9 Å². The second-order valence-corrected chi connectivity index (χ2v) is 8.01. The molecule has 3 N–H and O–H groups in total. The van der Waals surface area contributed by atoms with Gasteiger partial charge < -0.3 is 20.2 Å². The van der Waals surface area contributed by atoms with Gasteiger partial charge in [-0.3, -0.25) is 4.68 Å². The zero-order valence-corrected chi connectivity index (χ0v) is 17.5. The van der Waals surface area contributed by atoms with Gasteiger partial charge in [-0.2, -0.15) is 18.3 Å². The summed E-state index contributed by atoms with van der Waals surface area (Å²) in [6.07, 6.45) is 1.64. The number of nitrogens with two attached hydrogens (primary N) is 1. The summed E-state index contributed by atoms with van der Waals surface area (Å²) in [7, 11) is 0. The highest BCUT2D eigenvalue weighted by atomic mass is 19.4. The van der Waals surface area contributed by atoms with Gasteiger partial charge in [-0.15, -0.1) is 0 Å². The number of aromatic nitrogens is 3. The number of hydrogen-bond acceptors (Lipinski definition) is 6. The molecule has 1 aliphatic heterocycles. The normalized spacial score (nSPS) is 16.2. The van der Waals surface area contributed by atoms with Gasteiger partial charge in [0.05, 0.1) is 17.6 Å². The van der Waals surface area contributed by atoms with Crippen molar-refractivity contribution in [3.63, 3.8) is 0 Å². The lowest BCUT2D eigenvalue weighted by Gasteiger charge is -2.22. The van der Waals surface area contributed by atoms with Gasteiger partial charge in [0, 0.05) is 29.1 Å². The van der Waals surface area contributed by atoms with Crippen molar-refractivity contribution in [1.29, 1.82) is 0 Å². The summed E-state index contributed by atoms with van der Waals surface area (Å²) < 4.78 is 54.5. The van der Waals surface area contributed by atoms with E-state index in [1.165, 1.54) is 36.7 Å². The van der Waals surface area contributed by atoms with Crippen LogP contribution in [0.15, 0.2) is 59.6 Å². The molecule has 3 aromatic heterocycles. The van der Waals surface area contributed by atoms with Gasteiger partial charge in [0.2, 0.25) is 11.9 Å². The third-order valence-electron chi connectivity index (χ3n) is 5.83. The Morgan fingerprint density at radius 2 is 1.91 bits per heavy atom. The number of nitrogens with one attached hydrogen (secondary N) is 1. The number of ether oxygens (including phenoxy) is 1. The standard InChI is InChI=1S/C23H22F3N5O2/c24-23(25,26)21(14-4-2-1-3-5-14)33-20-19-17(11-29-22(20)27)18(13-32-19)15-10-30-31(12-15)16-6-8-28-9-7-16/h1-5,10-13,16,21,28H,6-9H2,(H2,27,29)/t21-/m0/s1. The zero-order chi connectivity index (χ0) is 23.0. The smallest absolute Gasteiger partial charge is 0.429 e. The molecule has 4 aromatic rings. The van der Waals surface area contributed by atoms with E-state index in [9.17, 15) is 13.2 Å². The van der Waals surface area contributed by atoms with Crippen LogP contribution in [0.5, 0.6) is 5.75 Å². The Morgan fingerprint density at radius 3 is 2.64 bits per heavy atom. The van der Waals surface area contributed by atoms with Crippen LogP contribution in [-0.4, -0.2) is 34.0 Å². The highest BCUT2D eigenvalue weighted by molar-refractivity contribution is 5.97. The molecule has 172 valence electrons. The van der Waals surface area contributed by atoms with Crippen LogP contribution in [0.4, 0.5) is 19.0 Å². The first-order valence-corrected chi connectivity index (χ1v) is 10.6. The lowest BCUT2D eigenvalue weighted by atomic mass is 10.1. The van der Waals surface area contributed by atoms with Gasteiger partial charge in [0.1, 0.15) is 6.26 Å². The molecule has 0 aliphatic carbocycles. The molecule has 0 amide bonds. The number of hydrogen-bond donors (Lipinski definition) is 2. The molecule has 0 spiro atoms. The number of halogens is 3. The third-order valence-corrected chi connectivity index (χ3v) is 5.83. The highest BCUT2D eigenvalue weighted by Gasteiger charge is 2.44. The molecule has 0 unspecified atom stereocenters. The number of benzene rings is 1. The van der Waals surface area contributed by atoms with Crippen LogP contribution in [0, 0.1) is 0 Å². The SMILES string of the molecule is Nc1ncc2c(-c3cnn(C4CCNCC4)c3)coc2c1O[C@@H](c1ccccc1)C(F)(F)F. The van der Waals surface area contributed by atoms with Crippen LogP contribution in [-0.2, 0) is 0 Å². The van der Waals surface area contributed by atoms with Gasteiger partial charge >= 0.3 is 6.18 Å². The predicted octanol–water partition coefficient (Wildman–Crippen LogP) is 4.88. The first-order chi connectivity index (χ1) is 15.9. The fourth-order valence-electron chi connectivity index (χ4n) is 4.14. The number of piperidine rings is 1. The maximum atomic E-state index is 13.8. The summed E-state index contributed by atoms with van der Waals surface area (Å²) in [4.78, 5) is 4.08. The Labute approximate surface area is 187 Å². The minimum Gasteiger partial charge on any atom is -0.468 e. The minimum absolute atomic E-state index is 0.0450. The quantitative estimate of drug-likeness (QED) is 0.444. The molecule has 10 heteroatoms.